The molecule has 0 aliphatic carbocycles. The van der Waals surface area contributed by atoms with Gasteiger partial charge in [0.05, 0.1) is 12.9 Å². The Balaban J connectivity index is 2.24. The zero-order valence-electron chi connectivity index (χ0n) is 14.6. The van der Waals surface area contributed by atoms with Crippen molar-refractivity contribution in [1.82, 2.24) is 0 Å². The second-order valence-electron chi connectivity index (χ2n) is 7.69. The Morgan fingerprint density at radius 2 is 1.48 bits per heavy atom. The van der Waals surface area contributed by atoms with Gasteiger partial charge in [0.15, 0.2) is 0 Å². The zero-order valence-corrected chi connectivity index (χ0v) is 15.5. The molecule has 0 N–H and O–H groups in total. The Morgan fingerprint density at radius 1 is 0.905 bits per heavy atom. The van der Waals surface area contributed by atoms with E-state index in [1.807, 2.05) is 12.3 Å². The van der Waals surface area contributed by atoms with Crippen molar-refractivity contribution in [2.24, 2.45) is 23.7 Å². The van der Waals surface area contributed by atoms with Gasteiger partial charge in [0.2, 0.25) is 6.03 Å². The topological polar surface area (TPSA) is 18.5 Å². The van der Waals surface area contributed by atoms with Crippen LogP contribution in [0, 0.1) is 23.7 Å². The number of ether oxygens (including phenoxy) is 2. The van der Waals surface area contributed by atoms with E-state index in [1.54, 1.807) is 0 Å². The maximum atomic E-state index is 5.99. The first-order valence-electron chi connectivity index (χ1n) is 8.61. The summed E-state index contributed by atoms with van der Waals surface area (Å²) in [5.74, 6) is 3.09. The van der Waals surface area contributed by atoms with Crippen LogP contribution in [0.25, 0.3) is 0 Å². The monoisotopic (exact) mass is 312 g/mol. The molecule has 3 heteroatoms. The Kier molecular flexibility index (Phi) is 6.15. The molecule has 1 fully saturated rings. The van der Waals surface area contributed by atoms with Gasteiger partial charge in [-0.05, 0) is 61.8 Å². The molecule has 0 amide bonds. The third-order valence-corrected chi connectivity index (χ3v) is 9.11. The van der Waals surface area contributed by atoms with Gasteiger partial charge in [-0.1, -0.05) is 41.5 Å². The van der Waals surface area contributed by atoms with E-state index in [0.717, 1.165) is 35.0 Å². The summed E-state index contributed by atoms with van der Waals surface area (Å²) >= 11 is 0. The summed E-state index contributed by atoms with van der Waals surface area (Å²) < 4.78 is 11.9. The SMILES string of the molecule is CC(C)C1CC(C(C)C)P(C2OC=CCO2)C(C(C)C)C1. The maximum absolute atomic E-state index is 5.99. The number of hydrogen-bond acceptors (Lipinski definition) is 2. The summed E-state index contributed by atoms with van der Waals surface area (Å²) in [5, 5.41) is 0. The molecule has 21 heavy (non-hydrogen) atoms. The predicted molar refractivity (Wildman–Crippen MR) is 91.7 cm³/mol. The molecule has 0 aromatic rings. The quantitative estimate of drug-likeness (QED) is 0.645. The van der Waals surface area contributed by atoms with Gasteiger partial charge in [0.1, 0.15) is 0 Å². The highest BCUT2D eigenvalue weighted by atomic mass is 31.1. The number of rotatable bonds is 4. The van der Waals surface area contributed by atoms with Gasteiger partial charge in [-0.2, -0.15) is 0 Å². The second kappa shape index (κ2) is 7.47. The largest absolute Gasteiger partial charge is 0.469 e. The van der Waals surface area contributed by atoms with Crippen molar-refractivity contribution in [1.29, 1.82) is 0 Å². The molecular weight excluding hydrogens is 279 g/mol. The molecule has 0 aromatic heterocycles. The minimum Gasteiger partial charge on any atom is -0.469 e. The first-order valence-corrected chi connectivity index (χ1v) is 10.2. The van der Waals surface area contributed by atoms with Crippen molar-refractivity contribution < 1.29 is 9.47 Å². The average Bonchev–Trinajstić information content (AvgIpc) is 2.46. The third-order valence-electron chi connectivity index (χ3n) is 5.21. The maximum Gasteiger partial charge on any atom is 0.217 e. The van der Waals surface area contributed by atoms with E-state index in [9.17, 15) is 0 Å². The van der Waals surface area contributed by atoms with E-state index in [0.29, 0.717) is 6.61 Å². The molecule has 3 unspecified atom stereocenters. The van der Waals surface area contributed by atoms with E-state index in [2.05, 4.69) is 41.5 Å². The van der Waals surface area contributed by atoms with Crippen molar-refractivity contribution in [3.05, 3.63) is 12.3 Å². The molecule has 0 spiro atoms. The summed E-state index contributed by atoms with van der Waals surface area (Å²) in [6.45, 7) is 15.1. The van der Waals surface area contributed by atoms with Crippen LogP contribution >= 0.6 is 7.92 Å². The fraction of sp³-hybridized carbons (Fsp3) is 0.889. The van der Waals surface area contributed by atoms with Crippen molar-refractivity contribution in [2.75, 3.05) is 6.61 Å². The minimum atomic E-state index is -0.243. The van der Waals surface area contributed by atoms with E-state index < -0.39 is 0 Å². The van der Waals surface area contributed by atoms with Gasteiger partial charge in [0, 0.05) is 0 Å². The van der Waals surface area contributed by atoms with E-state index in [1.165, 1.54) is 12.8 Å². The lowest BCUT2D eigenvalue weighted by Crippen LogP contribution is -2.40. The fourth-order valence-corrected chi connectivity index (χ4v) is 7.78. The van der Waals surface area contributed by atoms with Gasteiger partial charge >= 0.3 is 0 Å². The van der Waals surface area contributed by atoms with Gasteiger partial charge < -0.3 is 9.47 Å². The van der Waals surface area contributed by atoms with Crippen LogP contribution in [-0.2, 0) is 9.47 Å². The minimum absolute atomic E-state index is 0.0258. The summed E-state index contributed by atoms with van der Waals surface area (Å²) in [6, 6.07) is 0.0258. The molecule has 3 atom stereocenters. The van der Waals surface area contributed by atoms with Crippen LogP contribution in [0.15, 0.2) is 12.3 Å². The zero-order chi connectivity index (χ0) is 15.6. The smallest absolute Gasteiger partial charge is 0.217 e. The van der Waals surface area contributed by atoms with Crippen LogP contribution in [0.1, 0.15) is 54.4 Å². The molecule has 2 heterocycles. The number of hydrogen-bond donors (Lipinski definition) is 0. The molecule has 0 saturated carbocycles. The molecule has 0 bridgehead atoms. The van der Waals surface area contributed by atoms with Crippen molar-refractivity contribution in [3.63, 3.8) is 0 Å². The summed E-state index contributed by atoms with van der Waals surface area (Å²) in [6.07, 6.45) is 6.55. The van der Waals surface area contributed by atoms with E-state index in [4.69, 9.17) is 9.47 Å². The first kappa shape index (κ1) is 17.3. The highest BCUT2D eigenvalue weighted by Crippen LogP contribution is 2.63. The lowest BCUT2D eigenvalue weighted by atomic mass is 9.82. The van der Waals surface area contributed by atoms with Crippen molar-refractivity contribution in [3.8, 4) is 0 Å². The fourth-order valence-electron chi connectivity index (χ4n) is 3.79. The Bertz CT molecular complexity index is 333. The Morgan fingerprint density at radius 3 is 1.86 bits per heavy atom. The standard InChI is InChI=1S/C18H33O2P/c1-12(2)15-10-16(13(3)4)21(17(11-15)14(5)6)18-19-8-7-9-20-18/h7-8,12-18H,9-11H2,1-6H3. The van der Waals surface area contributed by atoms with Crippen molar-refractivity contribution in [2.45, 2.75) is 71.7 Å². The Hall–Kier alpha value is -0.0700. The van der Waals surface area contributed by atoms with Crippen LogP contribution in [0.4, 0.5) is 0 Å². The van der Waals surface area contributed by atoms with E-state index in [-0.39, 0.29) is 14.0 Å². The summed E-state index contributed by atoms with van der Waals surface area (Å²) in [5.41, 5.74) is 1.54. The summed E-state index contributed by atoms with van der Waals surface area (Å²) in [7, 11) is -0.243. The molecule has 2 nitrogen and oxygen atoms in total. The molecular formula is C18H33O2P. The molecule has 2 aliphatic heterocycles. The highest BCUT2D eigenvalue weighted by Gasteiger charge is 2.45. The molecule has 1 saturated heterocycles. The van der Waals surface area contributed by atoms with Gasteiger partial charge in [-0.25, -0.2) is 0 Å². The van der Waals surface area contributed by atoms with Crippen LogP contribution in [-0.4, -0.2) is 24.0 Å². The molecule has 0 radical (unpaired) electrons. The Labute approximate surface area is 132 Å². The van der Waals surface area contributed by atoms with Crippen LogP contribution in [0.2, 0.25) is 0 Å². The average molecular weight is 312 g/mol. The van der Waals surface area contributed by atoms with Crippen LogP contribution < -0.4 is 0 Å². The lowest BCUT2D eigenvalue weighted by molar-refractivity contribution is -0.0527. The normalized spacial score (nSPS) is 37.3. The third kappa shape index (κ3) is 4.02. The van der Waals surface area contributed by atoms with Gasteiger partial charge in [-0.3, -0.25) is 0 Å². The van der Waals surface area contributed by atoms with Gasteiger partial charge in [0.25, 0.3) is 0 Å². The molecule has 2 rings (SSSR count). The van der Waals surface area contributed by atoms with Crippen molar-refractivity contribution >= 4 is 7.92 Å². The second-order valence-corrected chi connectivity index (χ2v) is 10.3. The highest BCUT2D eigenvalue weighted by molar-refractivity contribution is 7.59. The van der Waals surface area contributed by atoms with Crippen LogP contribution in [0.3, 0.4) is 0 Å². The molecule has 122 valence electrons. The summed E-state index contributed by atoms with van der Waals surface area (Å²) in [4.78, 5) is 0. The van der Waals surface area contributed by atoms with Crippen LogP contribution in [0.5, 0.6) is 0 Å². The first-order chi connectivity index (χ1) is 9.91. The van der Waals surface area contributed by atoms with Gasteiger partial charge in [-0.15, -0.1) is 0 Å². The molecule has 2 aliphatic rings. The molecule has 0 aromatic carbocycles. The lowest BCUT2D eigenvalue weighted by Gasteiger charge is -2.49. The predicted octanol–water partition coefficient (Wildman–Crippen LogP) is 5.43. The van der Waals surface area contributed by atoms with E-state index >= 15 is 0 Å².